The van der Waals surface area contributed by atoms with E-state index < -0.39 is 25.6 Å². The number of pyridine rings is 1. The molecular weight excluding hydrogens is 420 g/mol. The van der Waals surface area contributed by atoms with Crippen LogP contribution in [-0.4, -0.2) is 54.5 Å². The van der Waals surface area contributed by atoms with Gasteiger partial charge in [0.2, 0.25) is 0 Å². The second-order valence-electron chi connectivity index (χ2n) is 10.2. The van der Waals surface area contributed by atoms with Gasteiger partial charge in [-0.05, 0) is 44.0 Å². The molecule has 0 spiro atoms. The Morgan fingerprint density at radius 2 is 1.72 bits per heavy atom. The molecule has 1 saturated heterocycles. The van der Waals surface area contributed by atoms with E-state index in [1.54, 1.807) is 26.2 Å². The van der Waals surface area contributed by atoms with Gasteiger partial charge < -0.3 is 10.0 Å². The topological polar surface area (TPSA) is 70.5 Å². The first-order chi connectivity index (χ1) is 14.7. The average Bonchev–Trinajstić information content (AvgIpc) is 2.70. The second-order valence-corrected chi connectivity index (χ2v) is 12.8. The predicted octanol–water partition coefficient (Wildman–Crippen LogP) is 3.57. The van der Waals surface area contributed by atoms with Gasteiger partial charge in [0.25, 0.3) is 0 Å². The zero-order valence-electron chi connectivity index (χ0n) is 20.1. The van der Waals surface area contributed by atoms with Crippen molar-refractivity contribution in [1.29, 1.82) is 0 Å². The monoisotopic (exact) mass is 454 g/mol. The van der Waals surface area contributed by atoms with Crippen LogP contribution >= 0.6 is 0 Å². The van der Waals surface area contributed by atoms with E-state index in [1.165, 1.54) is 11.8 Å². The lowest BCUT2D eigenvalue weighted by atomic mass is 9.62. The smallest absolute Gasteiger partial charge is 0.163 e. The van der Waals surface area contributed by atoms with E-state index in [2.05, 4.69) is 54.6 Å². The number of rotatable bonds is 5. The van der Waals surface area contributed by atoms with Crippen molar-refractivity contribution in [3.63, 3.8) is 0 Å². The molecule has 1 aliphatic heterocycles. The molecule has 1 aliphatic rings. The van der Waals surface area contributed by atoms with Crippen molar-refractivity contribution in [3.8, 4) is 11.8 Å². The molecule has 1 fully saturated rings. The molecule has 2 heterocycles. The number of hydrogen-bond donors (Lipinski definition) is 1. The zero-order valence-corrected chi connectivity index (χ0v) is 20.9. The molecule has 0 amide bonds. The van der Waals surface area contributed by atoms with Crippen molar-refractivity contribution in [2.75, 3.05) is 26.4 Å². The minimum atomic E-state index is -3.34. The van der Waals surface area contributed by atoms with Crippen LogP contribution in [0.4, 0.5) is 0 Å². The van der Waals surface area contributed by atoms with Crippen LogP contribution in [0.1, 0.15) is 62.8 Å². The molecule has 2 aromatic rings. The molecule has 0 radical (unpaired) electrons. The Balaban J connectivity index is 2.11. The predicted molar refractivity (Wildman–Crippen MR) is 129 cm³/mol. The van der Waals surface area contributed by atoms with E-state index in [0.717, 1.165) is 18.7 Å². The van der Waals surface area contributed by atoms with Crippen molar-refractivity contribution in [3.05, 3.63) is 65.0 Å². The fourth-order valence-corrected chi connectivity index (χ4v) is 4.60. The summed E-state index contributed by atoms with van der Waals surface area (Å²) in [6, 6.07) is 9.98. The average molecular weight is 455 g/mol. The summed E-state index contributed by atoms with van der Waals surface area (Å²) < 4.78 is 22.8. The van der Waals surface area contributed by atoms with E-state index in [-0.39, 0.29) is 0 Å². The van der Waals surface area contributed by atoms with Crippen LogP contribution in [0.2, 0.25) is 0 Å². The van der Waals surface area contributed by atoms with Crippen molar-refractivity contribution < 1.29 is 13.5 Å². The third-order valence-corrected chi connectivity index (χ3v) is 8.65. The Morgan fingerprint density at radius 3 is 2.22 bits per heavy atom. The molecule has 1 atom stereocenters. The molecule has 172 valence electrons. The Morgan fingerprint density at radius 1 is 1.12 bits per heavy atom. The summed E-state index contributed by atoms with van der Waals surface area (Å²) in [5.41, 5.74) is 1.61. The maximum atomic E-state index is 12.3. The summed E-state index contributed by atoms with van der Waals surface area (Å²) in [5.74, 6) is 6.23. The van der Waals surface area contributed by atoms with Crippen LogP contribution in [0.25, 0.3) is 0 Å². The number of hydrogen-bond acceptors (Lipinski definition) is 5. The maximum absolute atomic E-state index is 12.3. The molecule has 0 unspecified atom stereocenters. The molecule has 5 nitrogen and oxygen atoms in total. The van der Waals surface area contributed by atoms with Gasteiger partial charge in [-0.3, -0.25) is 4.98 Å². The Kier molecular flexibility index (Phi) is 6.34. The maximum Gasteiger partial charge on any atom is 0.163 e. The molecule has 32 heavy (non-hydrogen) atoms. The number of aliphatic hydroxyl groups is 1. The molecule has 0 saturated carbocycles. The van der Waals surface area contributed by atoms with Gasteiger partial charge in [0.1, 0.15) is 10.3 Å². The molecular formula is C26H34N2O3S. The van der Waals surface area contributed by atoms with E-state index >= 15 is 0 Å². The summed E-state index contributed by atoms with van der Waals surface area (Å²) in [6.07, 6.45) is 4.48. The number of likely N-dealkylation sites (tertiary alicyclic amines) is 1. The SMILES string of the molecule is CC(C)c1ccc([C@](O)(c2cncc(C#CC(C)(C)S(C)(=O)=O)c2)C2(C)CN(C)C2)cc1. The number of aromatic nitrogens is 1. The van der Waals surface area contributed by atoms with E-state index in [4.69, 9.17) is 0 Å². The van der Waals surface area contributed by atoms with Gasteiger partial charge in [-0.15, -0.1) is 0 Å². The lowest BCUT2D eigenvalue weighted by molar-refractivity contribution is -0.127. The fourth-order valence-electron chi connectivity index (χ4n) is 4.37. The lowest BCUT2D eigenvalue weighted by Gasteiger charge is -2.55. The van der Waals surface area contributed by atoms with Crippen LogP contribution in [0.5, 0.6) is 0 Å². The first-order valence-electron chi connectivity index (χ1n) is 10.9. The van der Waals surface area contributed by atoms with Gasteiger partial charge in [0, 0.05) is 48.3 Å². The highest BCUT2D eigenvalue weighted by atomic mass is 32.2. The summed E-state index contributed by atoms with van der Waals surface area (Å²) >= 11 is 0. The minimum absolute atomic E-state index is 0.402. The van der Waals surface area contributed by atoms with E-state index in [0.29, 0.717) is 17.0 Å². The molecule has 0 bridgehead atoms. The molecule has 1 N–H and O–H groups in total. The highest BCUT2D eigenvalue weighted by Crippen LogP contribution is 2.50. The van der Waals surface area contributed by atoms with Crippen molar-refractivity contribution >= 4 is 9.84 Å². The number of benzene rings is 1. The van der Waals surface area contributed by atoms with Gasteiger partial charge in [-0.2, -0.15) is 0 Å². The molecule has 1 aromatic carbocycles. The van der Waals surface area contributed by atoms with Gasteiger partial charge in [-0.1, -0.05) is 56.9 Å². The minimum Gasteiger partial charge on any atom is -0.380 e. The lowest BCUT2D eigenvalue weighted by Crippen LogP contribution is -2.63. The van der Waals surface area contributed by atoms with Gasteiger partial charge in [0.05, 0.1) is 0 Å². The number of sulfone groups is 1. The highest BCUT2D eigenvalue weighted by Gasteiger charge is 2.55. The van der Waals surface area contributed by atoms with Crippen LogP contribution in [0.15, 0.2) is 42.7 Å². The van der Waals surface area contributed by atoms with Gasteiger partial charge in [-0.25, -0.2) is 8.42 Å². The largest absolute Gasteiger partial charge is 0.380 e. The third kappa shape index (κ3) is 4.34. The summed E-state index contributed by atoms with van der Waals surface area (Å²) in [5, 5.41) is 12.3. The van der Waals surface area contributed by atoms with Crippen LogP contribution in [0.3, 0.4) is 0 Å². The second kappa shape index (κ2) is 8.30. The quantitative estimate of drug-likeness (QED) is 0.700. The van der Waals surface area contributed by atoms with E-state index in [1.807, 2.05) is 25.2 Å². The standard InChI is InChI=1S/C26H34N2O3S/c1-19(2)21-8-10-22(11-9-21)26(29,25(5)17-28(6)18-25)23-14-20(15-27-16-23)12-13-24(3,4)32(7,30)31/h8-11,14-16,19,29H,17-18H2,1-7H3/t26-/m0/s1. The van der Waals surface area contributed by atoms with Crippen molar-refractivity contribution in [1.82, 2.24) is 9.88 Å². The molecule has 0 aliphatic carbocycles. The summed E-state index contributed by atoms with van der Waals surface area (Å²) in [7, 11) is -1.30. The van der Waals surface area contributed by atoms with Crippen LogP contribution in [0, 0.1) is 17.3 Å². The molecule has 1 aromatic heterocycles. The molecule has 6 heteroatoms. The zero-order chi connectivity index (χ0) is 23.9. The first kappa shape index (κ1) is 24.4. The summed E-state index contributed by atoms with van der Waals surface area (Å²) in [6.45, 7) is 11.0. The normalized spacial score (nSPS) is 18.4. The first-order valence-corrected chi connectivity index (χ1v) is 12.8. The van der Waals surface area contributed by atoms with Crippen molar-refractivity contribution in [2.24, 2.45) is 5.41 Å². The Labute approximate surface area is 192 Å². The number of nitrogens with zero attached hydrogens (tertiary/aromatic N) is 2. The van der Waals surface area contributed by atoms with Crippen LogP contribution < -0.4 is 0 Å². The van der Waals surface area contributed by atoms with Gasteiger partial charge in [0.15, 0.2) is 9.84 Å². The highest BCUT2D eigenvalue weighted by molar-refractivity contribution is 7.92. The molecule has 3 rings (SSSR count). The van der Waals surface area contributed by atoms with Crippen molar-refractivity contribution in [2.45, 2.75) is 50.9 Å². The van der Waals surface area contributed by atoms with Crippen LogP contribution in [-0.2, 0) is 15.4 Å². The van der Waals surface area contributed by atoms with Gasteiger partial charge >= 0.3 is 0 Å². The fraction of sp³-hybridized carbons (Fsp3) is 0.500. The third-order valence-electron chi connectivity index (χ3n) is 6.70. The van der Waals surface area contributed by atoms with E-state index in [9.17, 15) is 13.5 Å². The Hall–Kier alpha value is -2.20. The summed E-state index contributed by atoms with van der Waals surface area (Å²) in [4.78, 5) is 6.53. The Bertz CT molecular complexity index is 1150.